The van der Waals surface area contributed by atoms with Gasteiger partial charge in [0.25, 0.3) is 0 Å². The smallest absolute Gasteiger partial charge is 0.165 e. The van der Waals surface area contributed by atoms with Crippen LogP contribution in [0.5, 0.6) is 11.5 Å². The Balaban J connectivity index is 2.05. The van der Waals surface area contributed by atoms with Crippen molar-refractivity contribution in [3.05, 3.63) is 59.4 Å². The van der Waals surface area contributed by atoms with Crippen LogP contribution in [0.15, 0.2) is 42.5 Å². The van der Waals surface area contributed by atoms with E-state index in [9.17, 15) is 9.50 Å². The third-order valence-corrected chi connectivity index (χ3v) is 2.96. The van der Waals surface area contributed by atoms with Crippen molar-refractivity contribution in [3.8, 4) is 11.5 Å². The van der Waals surface area contributed by atoms with Crippen molar-refractivity contribution >= 4 is 0 Å². The molecule has 2 aromatic rings. The first-order valence-corrected chi connectivity index (χ1v) is 6.33. The predicted octanol–water partition coefficient (Wildman–Crippen LogP) is 3.47. The molecule has 2 rings (SSSR count). The van der Waals surface area contributed by atoms with Gasteiger partial charge in [0.2, 0.25) is 0 Å². The molecule has 4 heteroatoms. The molecule has 3 nitrogen and oxygen atoms in total. The number of hydrogen-bond acceptors (Lipinski definition) is 3. The fourth-order valence-electron chi connectivity index (χ4n) is 1.83. The lowest BCUT2D eigenvalue weighted by atomic mass is 10.1. The van der Waals surface area contributed by atoms with E-state index in [1.807, 2.05) is 12.1 Å². The van der Waals surface area contributed by atoms with E-state index in [1.54, 1.807) is 31.2 Å². The Morgan fingerprint density at radius 2 is 2.00 bits per heavy atom. The number of methoxy groups -OCH3 is 1. The highest BCUT2D eigenvalue weighted by atomic mass is 19.1. The van der Waals surface area contributed by atoms with Crippen LogP contribution in [0.4, 0.5) is 4.39 Å². The summed E-state index contributed by atoms with van der Waals surface area (Å²) >= 11 is 0. The second-order valence-corrected chi connectivity index (χ2v) is 4.51. The molecule has 0 saturated heterocycles. The Kier molecular flexibility index (Phi) is 4.58. The fraction of sp³-hybridized carbons (Fsp3) is 0.250. The molecule has 20 heavy (non-hydrogen) atoms. The van der Waals surface area contributed by atoms with Gasteiger partial charge in [-0.25, -0.2) is 4.39 Å². The van der Waals surface area contributed by atoms with Crippen molar-refractivity contribution in [2.24, 2.45) is 0 Å². The predicted molar refractivity (Wildman–Crippen MR) is 74.4 cm³/mol. The van der Waals surface area contributed by atoms with Crippen LogP contribution in [-0.4, -0.2) is 12.2 Å². The average molecular weight is 276 g/mol. The normalized spacial score (nSPS) is 12.0. The molecule has 0 bridgehead atoms. The van der Waals surface area contributed by atoms with Crippen LogP contribution < -0.4 is 9.47 Å². The maximum atomic E-state index is 13.5. The number of rotatable bonds is 5. The van der Waals surface area contributed by atoms with E-state index in [0.717, 1.165) is 5.56 Å². The molecule has 1 N–H and O–H groups in total. The molecule has 106 valence electrons. The first-order valence-electron chi connectivity index (χ1n) is 6.33. The van der Waals surface area contributed by atoms with Gasteiger partial charge in [-0.15, -0.1) is 0 Å². The molecular weight excluding hydrogens is 259 g/mol. The molecule has 0 spiro atoms. The number of halogens is 1. The van der Waals surface area contributed by atoms with Crippen molar-refractivity contribution in [1.29, 1.82) is 0 Å². The van der Waals surface area contributed by atoms with Gasteiger partial charge in [-0.1, -0.05) is 18.2 Å². The molecule has 0 fully saturated rings. The number of ether oxygens (including phenoxy) is 2. The lowest BCUT2D eigenvalue weighted by Crippen LogP contribution is -1.98. The van der Waals surface area contributed by atoms with Gasteiger partial charge in [0.1, 0.15) is 12.4 Å². The van der Waals surface area contributed by atoms with Crippen LogP contribution in [0.2, 0.25) is 0 Å². The van der Waals surface area contributed by atoms with Crippen LogP contribution in [0, 0.1) is 5.82 Å². The van der Waals surface area contributed by atoms with E-state index in [4.69, 9.17) is 9.47 Å². The summed E-state index contributed by atoms with van der Waals surface area (Å²) in [5.41, 5.74) is 1.49. The van der Waals surface area contributed by atoms with Crippen molar-refractivity contribution in [3.63, 3.8) is 0 Å². The lowest BCUT2D eigenvalue weighted by molar-refractivity contribution is 0.198. The van der Waals surface area contributed by atoms with E-state index < -0.39 is 11.9 Å². The van der Waals surface area contributed by atoms with Crippen LogP contribution in [-0.2, 0) is 6.61 Å². The van der Waals surface area contributed by atoms with Gasteiger partial charge in [0.15, 0.2) is 11.6 Å². The summed E-state index contributed by atoms with van der Waals surface area (Å²) in [6.45, 7) is 1.95. The summed E-state index contributed by atoms with van der Waals surface area (Å²) in [6.07, 6.45) is -0.544. The molecule has 0 radical (unpaired) electrons. The minimum absolute atomic E-state index is 0.213. The second kappa shape index (κ2) is 6.39. The van der Waals surface area contributed by atoms with Gasteiger partial charge in [-0.3, -0.25) is 0 Å². The lowest BCUT2D eigenvalue weighted by Gasteiger charge is -2.10. The van der Waals surface area contributed by atoms with Crippen LogP contribution >= 0.6 is 0 Å². The minimum atomic E-state index is -0.544. The number of aliphatic hydroxyl groups is 1. The Hall–Kier alpha value is -2.07. The topological polar surface area (TPSA) is 38.7 Å². The van der Waals surface area contributed by atoms with Gasteiger partial charge in [0.05, 0.1) is 13.2 Å². The summed E-state index contributed by atoms with van der Waals surface area (Å²) in [6, 6.07) is 11.9. The second-order valence-electron chi connectivity index (χ2n) is 4.51. The quantitative estimate of drug-likeness (QED) is 0.908. The molecule has 0 aromatic heterocycles. The highest BCUT2D eigenvalue weighted by Gasteiger charge is 2.05. The fourth-order valence-corrected chi connectivity index (χ4v) is 1.83. The Morgan fingerprint density at radius 1 is 1.20 bits per heavy atom. The van der Waals surface area contributed by atoms with Gasteiger partial charge < -0.3 is 14.6 Å². The summed E-state index contributed by atoms with van der Waals surface area (Å²) in [7, 11) is 1.43. The molecule has 0 aliphatic carbocycles. The van der Waals surface area contributed by atoms with E-state index in [0.29, 0.717) is 11.3 Å². The monoisotopic (exact) mass is 276 g/mol. The molecule has 1 atom stereocenters. The van der Waals surface area contributed by atoms with Crippen molar-refractivity contribution < 1.29 is 19.0 Å². The number of hydrogen-bond donors (Lipinski definition) is 1. The van der Waals surface area contributed by atoms with Gasteiger partial charge in [0, 0.05) is 0 Å². The number of aliphatic hydroxyl groups excluding tert-OH is 1. The standard InChI is InChI=1S/C16H17FO3/c1-11(18)13-4-3-5-14(9-13)20-10-12-6-7-16(19-2)15(17)8-12/h3-9,11,18H,10H2,1-2H3/t11-/m0/s1. The van der Waals surface area contributed by atoms with Crippen molar-refractivity contribution in [2.45, 2.75) is 19.6 Å². The molecule has 0 amide bonds. The molecule has 0 unspecified atom stereocenters. The van der Waals surface area contributed by atoms with Gasteiger partial charge in [-0.2, -0.15) is 0 Å². The third kappa shape index (κ3) is 3.48. The average Bonchev–Trinajstić information content (AvgIpc) is 2.45. The number of benzene rings is 2. The molecule has 0 heterocycles. The SMILES string of the molecule is COc1ccc(COc2cccc([C@H](C)O)c2)cc1F. The van der Waals surface area contributed by atoms with E-state index >= 15 is 0 Å². The third-order valence-electron chi connectivity index (χ3n) is 2.96. The zero-order valence-corrected chi connectivity index (χ0v) is 11.5. The van der Waals surface area contributed by atoms with Crippen LogP contribution in [0.1, 0.15) is 24.2 Å². The summed E-state index contributed by atoms with van der Waals surface area (Å²) in [5.74, 6) is 0.441. The minimum Gasteiger partial charge on any atom is -0.494 e. The van der Waals surface area contributed by atoms with Crippen LogP contribution in [0.25, 0.3) is 0 Å². The van der Waals surface area contributed by atoms with Crippen molar-refractivity contribution in [1.82, 2.24) is 0 Å². The molecular formula is C16H17FO3. The zero-order valence-electron chi connectivity index (χ0n) is 11.5. The Labute approximate surface area is 117 Å². The molecule has 0 aliphatic rings. The molecule has 0 aliphatic heterocycles. The van der Waals surface area contributed by atoms with Crippen LogP contribution in [0.3, 0.4) is 0 Å². The van der Waals surface area contributed by atoms with Crippen molar-refractivity contribution in [2.75, 3.05) is 7.11 Å². The Morgan fingerprint density at radius 3 is 2.65 bits per heavy atom. The first-order chi connectivity index (χ1) is 9.60. The van der Waals surface area contributed by atoms with E-state index in [2.05, 4.69) is 0 Å². The van der Waals surface area contributed by atoms with E-state index in [1.165, 1.54) is 13.2 Å². The molecule has 2 aromatic carbocycles. The summed E-state index contributed by atoms with van der Waals surface area (Å²) in [4.78, 5) is 0. The maximum Gasteiger partial charge on any atom is 0.165 e. The zero-order chi connectivity index (χ0) is 14.5. The van der Waals surface area contributed by atoms with E-state index in [-0.39, 0.29) is 12.4 Å². The van der Waals surface area contributed by atoms with Gasteiger partial charge >= 0.3 is 0 Å². The summed E-state index contributed by atoms with van der Waals surface area (Å²) < 4.78 is 24.0. The van der Waals surface area contributed by atoms with Gasteiger partial charge in [-0.05, 0) is 42.3 Å². The summed E-state index contributed by atoms with van der Waals surface area (Å²) in [5, 5.41) is 9.51. The first kappa shape index (κ1) is 14.3. The largest absolute Gasteiger partial charge is 0.494 e. The highest BCUT2D eigenvalue weighted by Crippen LogP contribution is 2.21. The highest BCUT2D eigenvalue weighted by molar-refractivity contribution is 5.31. The Bertz CT molecular complexity index is 582. The maximum absolute atomic E-state index is 13.5. The molecule has 0 saturated carbocycles.